The zero-order valence-electron chi connectivity index (χ0n) is 10.9. The monoisotopic (exact) mass is 296 g/mol. The Morgan fingerprint density at radius 2 is 1.76 bits per heavy atom. The van der Waals surface area contributed by atoms with Crippen LogP contribution in [0.5, 0.6) is 11.5 Å². The number of ether oxygens (including phenoxy) is 1. The Labute approximate surface area is 118 Å². The summed E-state index contributed by atoms with van der Waals surface area (Å²) < 4.78 is 44.0. The smallest absolute Gasteiger partial charge is 0.419 e. The highest BCUT2D eigenvalue weighted by molar-refractivity contribution is 5.91. The molecule has 0 saturated carbocycles. The molecule has 0 heterocycles. The van der Waals surface area contributed by atoms with Crippen molar-refractivity contribution in [2.24, 2.45) is 0 Å². The molecule has 2 aromatic carbocycles. The second kappa shape index (κ2) is 5.47. The van der Waals surface area contributed by atoms with Crippen LogP contribution in [-0.4, -0.2) is 11.1 Å². The molecule has 0 fully saturated rings. The minimum absolute atomic E-state index is 0.0956. The molecular weight excluding hydrogens is 285 g/mol. The number of hydrogen-bond acceptors (Lipinski definition) is 2. The van der Waals surface area contributed by atoms with E-state index >= 15 is 0 Å². The molecule has 0 bridgehead atoms. The zero-order valence-corrected chi connectivity index (χ0v) is 10.9. The molecule has 0 aliphatic carbocycles. The molecule has 6 heteroatoms. The second-order valence-corrected chi connectivity index (χ2v) is 4.35. The average Bonchev–Trinajstić information content (AvgIpc) is 2.40. The van der Waals surface area contributed by atoms with Gasteiger partial charge >= 0.3 is 12.1 Å². The predicted octanol–water partition coefficient (Wildman–Crippen LogP) is 4.50. The molecule has 21 heavy (non-hydrogen) atoms. The molecule has 0 unspecified atom stereocenters. The molecule has 1 N–H and O–H groups in total. The van der Waals surface area contributed by atoms with Crippen LogP contribution in [0.4, 0.5) is 13.2 Å². The fraction of sp³-hybridized carbons (Fsp3) is 0.133. The van der Waals surface area contributed by atoms with E-state index < -0.39 is 23.5 Å². The van der Waals surface area contributed by atoms with Crippen LogP contribution in [0, 0.1) is 6.92 Å². The quantitative estimate of drug-likeness (QED) is 0.906. The van der Waals surface area contributed by atoms with Crippen molar-refractivity contribution < 1.29 is 27.8 Å². The molecule has 0 amide bonds. The highest BCUT2D eigenvalue weighted by atomic mass is 19.4. The van der Waals surface area contributed by atoms with Gasteiger partial charge in [-0.2, -0.15) is 13.2 Å². The van der Waals surface area contributed by atoms with Crippen LogP contribution >= 0.6 is 0 Å². The van der Waals surface area contributed by atoms with E-state index in [0.717, 1.165) is 12.1 Å². The first kappa shape index (κ1) is 14.9. The molecule has 0 spiro atoms. The van der Waals surface area contributed by atoms with Gasteiger partial charge < -0.3 is 9.84 Å². The molecule has 2 aromatic rings. The third-order valence-electron chi connectivity index (χ3n) is 2.85. The summed E-state index contributed by atoms with van der Waals surface area (Å²) in [5.74, 6) is -1.79. The van der Waals surface area contributed by atoms with Crippen molar-refractivity contribution >= 4 is 5.97 Å². The Hall–Kier alpha value is -2.50. The van der Waals surface area contributed by atoms with E-state index in [2.05, 4.69) is 0 Å². The lowest BCUT2D eigenvalue weighted by Crippen LogP contribution is -2.08. The van der Waals surface area contributed by atoms with E-state index in [1.807, 2.05) is 0 Å². The highest BCUT2D eigenvalue weighted by Gasteiger charge is 2.34. The lowest BCUT2D eigenvalue weighted by molar-refractivity contribution is -0.138. The van der Waals surface area contributed by atoms with Gasteiger partial charge in [-0.05, 0) is 30.7 Å². The van der Waals surface area contributed by atoms with E-state index in [9.17, 15) is 18.0 Å². The van der Waals surface area contributed by atoms with Gasteiger partial charge in [0.2, 0.25) is 0 Å². The number of hydrogen-bond donors (Lipinski definition) is 1. The summed E-state index contributed by atoms with van der Waals surface area (Å²) >= 11 is 0. The largest absolute Gasteiger partial charge is 0.478 e. The van der Waals surface area contributed by atoms with Gasteiger partial charge in [0, 0.05) is 0 Å². The topological polar surface area (TPSA) is 46.5 Å². The summed E-state index contributed by atoms with van der Waals surface area (Å²) in [6, 6.07) is 9.02. The fourth-order valence-electron chi connectivity index (χ4n) is 1.86. The third-order valence-corrected chi connectivity index (χ3v) is 2.85. The van der Waals surface area contributed by atoms with Crippen molar-refractivity contribution in [1.29, 1.82) is 0 Å². The summed E-state index contributed by atoms with van der Waals surface area (Å²) in [7, 11) is 0. The molecule has 110 valence electrons. The molecule has 0 aromatic heterocycles. The van der Waals surface area contributed by atoms with Gasteiger partial charge in [0.25, 0.3) is 0 Å². The summed E-state index contributed by atoms with van der Waals surface area (Å²) in [5.41, 5.74) is -0.705. The zero-order chi connectivity index (χ0) is 15.6. The van der Waals surface area contributed by atoms with Crippen LogP contribution in [0.1, 0.15) is 21.5 Å². The molecule has 0 aliphatic rings. The first-order valence-electron chi connectivity index (χ1n) is 5.97. The molecule has 0 radical (unpaired) electrons. The van der Waals surface area contributed by atoms with E-state index in [1.165, 1.54) is 24.3 Å². The Balaban J connectivity index is 2.52. The summed E-state index contributed by atoms with van der Waals surface area (Å²) in [4.78, 5) is 11.1. The number of carboxylic acid groups (broad SMARTS) is 1. The summed E-state index contributed by atoms with van der Waals surface area (Å²) in [6.45, 7) is 1.57. The van der Waals surface area contributed by atoms with Gasteiger partial charge in [-0.3, -0.25) is 0 Å². The van der Waals surface area contributed by atoms with Gasteiger partial charge in [-0.1, -0.05) is 24.3 Å². The number of carbonyl (C=O) groups is 1. The molecule has 0 saturated heterocycles. The lowest BCUT2D eigenvalue weighted by Gasteiger charge is -2.16. The minimum Gasteiger partial charge on any atom is -0.478 e. The molecule has 0 aliphatic heterocycles. The number of alkyl halides is 3. The Bertz CT molecular complexity index is 678. The number of carboxylic acids is 1. The Morgan fingerprint density at radius 1 is 1.10 bits per heavy atom. The number of benzene rings is 2. The van der Waals surface area contributed by atoms with Crippen molar-refractivity contribution in [2.75, 3.05) is 0 Å². The predicted molar refractivity (Wildman–Crippen MR) is 69.7 cm³/mol. The van der Waals surface area contributed by atoms with E-state index in [0.29, 0.717) is 5.56 Å². The number of rotatable bonds is 3. The number of aromatic carboxylic acids is 1. The van der Waals surface area contributed by atoms with Crippen LogP contribution in [0.2, 0.25) is 0 Å². The van der Waals surface area contributed by atoms with Crippen molar-refractivity contribution in [3.05, 3.63) is 59.2 Å². The maximum absolute atomic E-state index is 12.9. The Kier molecular flexibility index (Phi) is 3.88. The van der Waals surface area contributed by atoms with Gasteiger partial charge in [0.05, 0.1) is 5.56 Å². The van der Waals surface area contributed by atoms with Crippen molar-refractivity contribution in [3.8, 4) is 11.5 Å². The van der Waals surface area contributed by atoms with Gasteiger partial charge in [-0.25, -0.2) is 4.79 Å². The van der Waals surface area contributed by atoms with E-state index in [-0.39, 0.29) is 11.3 Å². The molecule has 3 nitrogen and oxygen atoms in total. The summed E-state index contributed by atoms with van der Waals surface area (Å²) in [5, 5.41) is 9.10. The first-order chi connectivity index (χ1) is 9.80. The Morgan fingerprint density at radius 3 is 2.38 bits per heavy atom. The lowest BCUT2D eigenvalue weighted by atomic mass is 10.1. The SMILES string of the molecule is Cc1cccc(C(=O)O)c1Oc1ccccc1C(F)(F)F. The van der Waals surface area contributed by atoms with Crippen LogP contribution in [0.25, 0.3) is 0 Å². The fourth-order valence-corrected chi connectivity index (χ4v) is 1.86. The van der Waals surface area contributed by atoms with Crippen molar-refractivity contribution in [1.82, 2.24) is 0 Å². The number of para-hydroxylation sites is 2. The third kappa shape index (κ3) is 3.16. The molecule has 2 rings (SSSR count). The van der Waals surface area contributed by atoms with E-state index in [1.54, 1.807) is 13.0 Å². The minimum atomic E-state index is -4.58. The van der Waals surface area contributed by atoms with Crippen LogP contribution in [-0.2, 0) is 6.18 Å². The van der Waals surface area contributed by atoms with Gasteiger partial charge in [0.1, 0.15) is 17.1 Å². The average molecular weight is 296 g/mol. The van der Waals surface area contributed by atoms with Crippen molar-refractivity contribution in [3.63, 3.8) is 0 Å². The van der Waals surface area contributed by atoms with Crippen molar-refractivity contribution in [2.45, 2.75) is 13.1 Å². The van der Waals surface area contributed by atoms with Crippen LogP contribution < -0.4 is 4.74 Å². The molecule has 0 atom stereocenters. The highest BCUT2D eigenvalue weighted by Crippen LogP contribution is 2.39. The number of aryl methyl sites for hydroxylation is 1. The number of halogens is 3. The second-order valence-electron chi connectivity index (χ2n) is 4.35. The maximum atomic E-state index is 12.9. The van der Waals surface area contributed by atoms with Gasteiger partial charge in [-0.15, -0.1) is 0 Å². The maximum Gasteiger partial charge on any atom is 0.419 e. The first-order valence-corrected chi connectivity index (χ1v) is 5.97. The van der Waals surface area contributed by atoms with Gasteiger partial charge in [0.15, 0.2) is 0 Å². The summed E-state index contributed by atoms with van der Waals surface area (Å²) in [6.07, 6.45) is -4.58. The van der Waals surface area contributed by atoms with Crippen LogP contribution in [0.3, 0.4) is 0 Å². The normalized spacial score (nSPS) is 11.2. The standard InChI is InChI=1S/C15H11F3O3/c1-9-5-4-6-10(14(19)20)13(9)21-12-8-3-2-7-11(12)15(16,17)18/h2-8H,1H3,(H,19,20). The van der Waals surface area contributed by atoms with E-state index in [4.69, 9.17) is 9.84 Å². The molecular formula is C15H11F3O3. The van der Waals surface area contributed by atoms with Crippen LogP contribution in [0.15, 0.2) is 42.5 Å².